The van der Waals surface area contributed by atoms with Gasteiger partial charge in [-0.3, -0.25) is 4.79 Å². The van der Waals surface area contributed by atoms with Crippen LogP contribution in [0, 0.1) is 12.3 Å². The van der Waals surface area contributed by atoms with E-state index in [0.717, 1.165) is 6.42 Å². The summed E-state index contributed by atoms with van der Waals surface area (Å²) in [4.78, 5) is 22.1. The number of carbonyl (C=O) groups is 2. The highest BCUT2D eigenvalue weighted by molar-refractivity contribution is 5.89. The van der Waals surface area contributed by atoms with Crippen molar-refractivity contribution < 1.29 is 14.7 Å². The van der Waals surface area contributed by atoms with Crippen molar-refractivity contribution in [1.82, 2.24) is 5.32 Å². The van der Waals surface area contributed by atoms with Crippen LogP contribution >= 0.6 is 0 Å². The molecule has 0 bridgehead atoms. The Balaban J connectivity index is 2.20. The van der Waals surface area contributed by atoms with E-state index in [1.165, 1.54) is 0 Å². The molecule has 0 atom stereocenters. The summed E-state index contributed by atoms with van der Waals surface area (Å²) in [6.45, 7) is 0. The molecule has 2 N–H and O–H groups in total. The standard InChI is InChI=1S/C11H15NO3/c1-2-3-4-5-6-9(13)12-11(7-8-11)10(14)15/h1H,3-8H2,(H,12,13)(H,14,15). The van der Waals surface area contributed by atoms with Crippen LogP contribution in [-0.4, -0.2) is 22.5 Å². The quantitative estimate of drug-likeness (QED) is 0.505. The average Bonchev–Trinajstić information content (AvgIpc) is 2.93. The summed E-state index contributed by atoms with van der Waals surface area (Å²) in [6.07, 6.45) is 8.69. The molecule has 1 fully saturated rings. The third-order valence-electron chi connectivity index (χ3n) is 2.51. The molecule has 1 saturated carbocycles. The van der Waals surface area contributed by atoms with Gasteiger partial charge in [-0.2, -0.15) is 0 Å². The fraction of sp³-hybridized carbons (Fsp3) is 0.636. The third kappa shape index (κ3) is 3.28. The lowest BCUT2D eigenvalue weighted by Crippen LogP contribution is -2.42. The zero-order valence-corrected chi connectivity index (χ0v) is 8.58. The van der Waals surface area contributed by atoms with Crippen molar-refractivity contribution in [1.29, 1.82) is 0 Å². The van der Waals surface area contributed by atoms with Gasteiger partial charge in [0.05, 0.1) is 0 Å². The van der Waals surface area contributed by atoms with E-state index in [1.807, 2.05) is 0 Å². The van der Waals surface area contributed by atoms with Gasteiger partial charge in [0.15, 0.2) is 0 Å². The Labute approximate surface area is 89.0 Å². The van der Waals surface area contributed by atoms with E-state index < -0.39 is 11.5 Å². The van der Waals surface area contributed by atoms with E-state index in [4.69, 9.17) is 11.5 Å². The highest BCUT2D eigenvalue weighted by atomic mass is 16.4. The minimum Gasteiger partial charge on any atom is -0.480 e. The first-order chi connectivity index (χ1) is 7.10. The Kier molecular flexibility index (Phi) is 3.73. The number of carboxylic acids is 1. The lowest BCUT2D eigenvalue weighted by Gasteiger charge is -2.11. The number of carboxylic acid groups (broad SMARTS) is 1. The Morgan fingerprint density at radius 1 is 1.40 bits per heavy atom. The predicted molar refractivity (Wildman–Crippen MR) is 55.0 cm³/mol. The summed E-state index contributed by atoms with van der Waals surface area (Å²) in [7, 11) is 0. The summed E-state index contributed by atoms with van der Waals surface area (Å²) in [5, 5.41) is 11.4. The molecule has 0 aromatic carbocycles. The Morgan fingerprint density at radius 3 is 2.53 bits per heavy atom. The molecule has 0 heterocycles. The van der Waals surface area contributed by atoms with Gasteiger partial charge in [-0.1, -0.05) is 0 Å². The first-order valence-corrected chi connectivity index (χ1v) is 5.08. The lowest BCUT2D eigenvalue weighted by atomic mass is 10.2. The normalized spacial score (nSPS) is 16.5. The van der Waals surface area contributed by atoms with Crippen LogP contribution in [0.1, 0.15) is 38.5 Å². The minimum atomic E-state index is -0.955. The van der Waals surface area contributed by atoms with E-state index in [9.17, 15) is 9.59 Å². The molecule has 0 spiro atoms. The van der Waals surface area contributed by atoms with E-state index in [2.05, 4.69) is 11.2 Å². The summed E-state index contributed by atoms with van der Waals surface area (Å²) >= 11 is 0. The molecular weight excluding hydrogens is 194 g/mol. The fourth-order valence-corrected chi connectivity index (χ4v) is 1.36. The van der Waals surface area contributed by atoms with Gasteiger partial charge in [0, 0.05) is 12.8 Å². The van der Waals surface area contributed by atoms with Gasteiger partial charge in [0.25, 0.3) is 0 Å². The smallest absolute Gasteiger partial charge is 0.329 e. The SMILES string of the molecule is C#CCCCCC(=O)NC1(C(=O)O)CC1. The molecular formula is C11H15NO3. The van der Waals surface area contributed by atoms with Gasteiger partial charge >= 0.3 is 5.97 Å². The zero-order valence-electron chi connectivity index (χ0n) is 8.58. The molecule has 0 aromatic rings. The number of rotatable bonds is 6. The Hall–Kier alpha value is -1.50. The molecule has 82 valence electrons. The van der Waals surface area contributed by atoms with E-state index in [-0.39, 0.29) is 5.91 Å². The number of amides is 1. The topological polar surface area (TPSA) is 66.4 Å². The summed E-state index contributed by atoms with van der Waals surface area (Å²) in [5.74, 6) is 1.38. The monoisotopic (exact) mass is 209 g/mol. The van der Waals surface area contributed by atoms with Crippen LogP contribution in [0.4, 0.5) is 0 Å². The molecule has 0 unspecified atom stereocenters. The molecule has 0 aromatic heterocycles. The second kappa shape index (κ2) is 4.83. The van der Waals surface area contributed by atoms with Gasteiger partial charge in [0.2, 0.25) is 5.91 Å². The number of terminal acetylenes is 1. The Bertz CT molecular complexity index is 299. The molecule has 4 nitrogen and oxygen atoms in total. The number of hydrogen-bond donors (Lipinski definition) is 2. The fourth-order valence-electron chi connectivity index (χ4n) is 1.36. The summed E-state index contributed by atoms with van der Waals surface area (Å²) in [6, 6.07) is 0. The van der Waals surface area contributed by atoms with Crippen LogP contribution in [0.5, 0.6) is 0 Å². The molecule has 1 aliphatic rings. The van der Waals surface area contributed by atoms with Gasteiger partial charge in [0.1, 0.15) is 5.54 Å². The third-order valence-corrected chi connectivity index (χ3v) is 2.51. The largest absolute Gasteiger partial charge is 0.480 e. The van der Waals surface area contributed by atoms with Crippen LogP contribution < -0.4 is 5.32 Å². The van der Waals surface area contributed by atoms with Gasteiger partial charge in [-0.05, 0) is 25.7 Å². The van der Waals surface area contributed by atoms with Crippen LogP contribution in [0.2, 0.25) is 0 Å². The van der Waals surface area contributed by atoms with Crippen LogP contribution in [0.15, 0.2) is 0 Å². The number of unbranched alkanes of at least 4 members (excludes halogenated alkanes) is 2. The number of hydrogen-bond acceptors (Lipinski definition) is 2. The average molecular weight is 209 g/mol. The minimum absolute atomic E-state index is 0.188. The van der Waals surface area contributed by atoms with Crippen molar-refractivity contribution in [2.75, 3.05) is 0 Å². The van der Waals surface area contributed by atoms with Crippen molar-refractivity contribution in [3.8, 4) is 12.3 Å². The second-order valence-corrected chi connectivity index (χ2v) is 3.85. The maximum atomic E-state index is 11.3. The van der Waals surface area contributed by atoms with Crippen molar-refractivity contribution in [3.05, 3.63) is 0 Å². The van der Waals surface area contributed by atoms with Crippen molar-refractivity contribution in [2.24, 2.45) is 0 Å². The maximum absolute atomic E-state index is 11.3. The van der Waals surface area contributed by atoms with Crippen LogP contribution in [0.25, 0.3) is 0 Å². The number of nitrogens with one attached hydrogen (secondary N) is 1. The number of aliphatic carboxylic acids is 1. The van der Waals surface area contributed by atoms with Crippen molar-refractivity contribution in [3.63, 3.8) is 0 Å². The molecule has 0 saturated heterocycles. The molecule has 1 rings (SSSR count). The first kappa shape index (κ1) is 11.6. The highest BCUT2D eigenvalue weighted by Gasteiger charge is 2.51. The van der Waals surface area contributed by atoms with Crippen molar-refractivity contribution in [2.45, 2.75) is 44.1 Å². The molecule has 0 radical (unpaired) electrons. The van der Waals surface area contributed by atoms with Crippen LogP contribution in [0.3, 0.4) is 0 Å². The zero-order chi connectivity index (χ0) is 11.3. The Morgan fingerprint density at radius 2 is 2.07 bits per heavy atom. The van der Waals surface area contributed by atoms with Crippen LogP contribution in [-0.2, 0) is 9.59 Å². The molecule has 4 heteroatoms. The first-order valence-electron chi connectivity index (χ1n) is 5.08. The van der Waals surface area contributed by atoms with E-state index in [0.29, 0.717) is 32.1 Å². The summed E-state index contributed by atoms with van der Waals surface area (Å²) < 4.78 is 0. The molecule has 15 heavy (non-hydrogen) atoms. The molecule has 1 aliphatic carbocycles. The molecule has 0 aliphatic heterocycles. The van der Waals surface area contributed by atoms with Gasteiger partial charge < -0.3 is 10.4 Å². The summed E-state index contributed by atoms with van der Waals surface area (Å²) in [5.41, 5.74) is -0.955. The second-order valence-electron chi connectivity index (χ2n) is 3.85. The molecule has 1 amide bonds. The van der Waals surface area contributed by atoms with E-state index >= 15 is 0 Å². The van der Waals surface area contributed by atoms with Gasteiger partial charge in [-0.25, -0.2) is 4.79 Å². The van der Waals surface area contributed by atoms with Gasteiger partial charge in [-0.15, -0.1) is 12.3 Å². The van der Waals surface area contributed by atoms with Crippen molar-refractivity contribution >= 4 is 11.9 Å². The maximum Gasteiger partial charge on any atom is 0.329 e. The highest BCUT2D eigenvalue weighted by Crippen LogP contribution is 2.35. The predicted octanol–water partition coefficient (Wildman–Crippen LogP) is 0.913. The van der Waals surface area contributed by atoms with E-state index in [1.54, 1.807) is 0 Å². The lowest BCUT2D eigenvalue weighted by molar-refractivity contribution is -0.143. The number of carbonyl (C=O) groups excluding carboxylic acids is 1.